The van der Waals surface area contributed by atoms with E-state index >= 15 is 0 Å². The fourth-order valence-electron chi connectivity index (χ4n) is 2.20. The van der Waals surface area contributed by atoms with Gasteiger partial charge in [0.05, 0.1) is 0 Å². The van der Waals surface area contributed by atoms with E-state index in [4.69, 9.17) is 0 Å². The van der Waals surface area contributed by atoms with Crippen molar-refractivity contribution in [2.45, 2.75) is 5.79 Å². The maximum Gasteiger partial charge on any atom is 0.218 e. The van der Waals surface area contributed by atoms with Crippen molar-refractivity contribution in [3.05, 3.63) is 71.0 Å². The monoisotopic (exact) mass is 210 g/mol. The lowest BCUT2D eigenvalue weighted by Crippen LogP contribution is -2.23. The summed E-state index contributed by atoms with van der Waals surface area (Å²) in [7, 11) is 0. The summed E-state index contributed by atoms with van der Waals surface area (Å²) in [4.78, 5) is 0. The number of allylic oxidation sites excluding steroid dienone is 3. The second-order valence-corrected chi connectivity index (χ2v) is 3.88. The zero-order chi connectivity index (χ0) is 11.2. The number of aliphatic hydroxyl groups is 2. The minimum absolute atomic E-state index is 0.509. The molecule has 0 aromatic heterocycles. The molecule has 0 saturated heterocycles. The Balaban J connectivity index is 2.36. The molecule has 2 heteroatoms. The van der Waals surface area contributed by atoms with E-state index in [1.807, 2.05) is 18.2 Å². The predicted octanol–water partition coefficient (Wildman–Crippen LogP) is 1.87. The Morgan fingerprint density at radius 3 is 2.62 bits per heavy atom. The summed E-state index contributed by atoms with van der Waals surface area (Å²) in [5, 5.41) is 20.3. The first-order valence-corrected chi connectivity index (χ1v) is 5.10. The van der Waals surface area contributed by atoms with Gasteiger partial charge < -0.3 is 10.2 Å². The highest BCUT2D eigenvalue weighted by atomic mass is 16.5. The summed E-state index contributed by atoms with van der Waals surface area (Å²) in [5.41, 5.74) is 5.68. The SMILES string of the molecule is OC1(O)C2=CC=C=CC=C2c2ccccc21. The van der Waals surface area contributed by atoms with Crippen LogP contribution < -0.4 is 0 Å². The van der Waals surface area contributed by atoms with E-state index in [9.17, 15) is 10.2 Å². The van der Waals surface area contributed by atoms with Crippen LogP contribution in [0.1, 0.15) is 11.1 Å². The van der Waals surface area contributed by atoms with Crippen LogP contribution in [0.2, 0.25) is 0 Å². The average molecular weight is 210 g/mol. The third-order valence-corrected chi connectivity index (χ3v) is 2.95. The van der Waals surface area contributed by atoms with Gasteiger partial charge in [-0.1, -0.05) is 24.3 Å². The van der Waals surface area contributed by atoms with Crippen molar-refractivity contribution in [3.63, 3.8) is 0 Å². The third-order valence-electron chi connectivity index (χ3n) is 2.95. The molecule has 0 saturated carbocycles. The molecule has 0 amide bonds. The molecule has 1 aromatic rings. The Kier molecular flexibility index (Phi) is 1.79. The van der Waals surface area contributed by atoms with Crippen molar-refractivity contribution in [1.29, 1.82) is 0 Å². The first kappa shape index (κ1) is 9.37. The summed E-state index contributed by atoms with van der Waals surface area (Å²) in [6.45, 7) is 0. The molecule has 0 bridgehead atoms. The zero-order valence-electron chi connectivity index (χ0n) is 8.51. The second-order valence-electron chi connectivity index (χ2n) is 3.88. The largest absolute Gasteiger partial charge is 0.358 e. The number of rotatable bonds is 0. The predicted molar refractivity (Wildman–Crippen MR) is 61.3 cm³/mol. The fraction of sp³-hybridized carbons (Fsp3) is 0.0714. The van der Waals surface area contributed by atoms with Crippen LogP contribution in [0, 0.1) is 0 Å². The van der Waals surface area contributed by atoms with Crippen molar-refractivity contribution >= 4 is 5.57 Å². The number of benzene rings is 1. The van der Waals surface area contributed by atoms with Crippen LogP contribution in [0.5, 0.6) is 0 Å². The molecule has 1 aromatic carbocycles. The van der Waals surface area contributed by atoms with Crippen LogP contribution in [-0.4, -0.2) is 10.2 Å². The van der Waals surface area contributed by atoms with Crippen LogP contribution >= 0.6 is 0 Å². The number of hydrogen-bond acceptors (Lipinski definition) is 2. The van der Waals surface area contributed by atoms with Gasteiger partial charge in [0.2, 0.25) is 5.79 Å². The molecule has 3 rings (SSSR count). The van der Waals surface area contributed by atoms with E-state index in [0.717, 1.165) is 11.1 Å². The van der Waals surface area contributed by atoms with Crippen molar-refractivity contribution in [2.24, 2.45) is 0 Å². The Hall–Kier alpha value is -1.86. The zero-order valence-corrected chi connectivity index (χ0v) is 8.51. The van der Waals surface area contributed by atoms with E-state index in [0.29, 0.717) is 11.1 Å². The van der Waals surface area contributed by atoms with Gasteiger partial charge in [-0.05, 0) is 35.4 Å². The second kappa shape index (κ2) is 3.06. The van der Waals surface area contributed by atoms with Crippen LogP contribution in [0.15, 0.2) is 59.9 Å². The lowest BCUT2D eigenvalue weighted by molar-refractivity contribution is -0.128. The van der Waals surface area contributed by atoms with Gasteiger partial charge in [-0.2, -0.15) is 0 Å². The highest BCUT2D eigenvalue weighted by molar-refractivity contribution is 5.89. The van der Waals surface area contributed by atoms with Gasteiger partial charge in [0, 0.05) is 11.1 Å². The van der Waals surface area contributed by atoms with Crippen LogP contribution in [0.3, 0.4) is 0 Å². The highest BCUT2D eigenvalue weighted by Crippen LogP contribution is 2.46. The molecule has 0 fully saturated rings. The van der Waals surface area contributed by atoms with Gasteiger partial charge in [0.25, 0.3) is 0 Å². The molecule has 2 nitrogen and oxygen atoms in total. The molecule has 78 valence electrons. The van der Waals surface area contributed by atoms with Crippen LogP contribution in [0.4, 0.5) is 0 Å². The maximum atomic E-state index is 10.2. The van der Waals surface area contributed by atoms with E-state index in [2.05, 4.69) is 5.73 Å². The molecule has 16 heavy (non-hydrogen) atoms. The Morgan fingerprint density at radius 2 is 1.75 bits per heavy atom. The van der Waals surface area contributed by atoms with E-state index in [1.165, 1.54) is 0 Å². The molecule has 0 spiro atoms. The smallest absolute Gasteiger partial charge is 0.218 e. The van der Waals surface area contributed by atoms with Gasteiger partial charge in [-0.15, -0.1) is 5.73 Å². The molecule has 0 unspecified atom stereocenters. The normalized spacial score (nSPS) is 19.6. The van der Waals surface area contributed by atoms with Crippen molar-refractivity contribution < 1.29 is 10.2 Å². The molecule has 2 aliphatic carbocycles. The Morgan fingerprint density at radius 1 is 1.00 bits per heavy atom. The lowest BCUT2D eigenvalue weighted by atomic mass is 10.0. The summed E-state index contributed by atoms with van der Waals surface area (Å²) in [6.07, 6.45) is 7.00. The van der Waals surface area contributed by atoms with Crippen molar-refractivity contribution in [2.75, 3.05) is 0 Å². The molecule has 0 atom stereocenters. The van der Waals surface area contributed by atoms with Gasteiger partial charge in [-0.25, -0.2) is 0 Å². The van der Waals surface area contributed by atoms with Crippen molar-refractivity contribution in [1.82, 2.24) is 0 Å². The van der Waals surface area contributed by atoms with Crippen molar-refractivity contribution in [3.8, 4) is 0 Å². The van der Waals surface area contributed by atoms with E-state index in [1.54, 1.807) is 30.4 Å². The molecule has 0 radical (unpaired) electrons. The maximum absolute atomic E-state index is 10.2. The van der Waals surface area contributed by atoms with Crippen LogP contribution in [-0.2, 0) is 5.79 Å². The third kappa shape index (κ3) is 1.09. The molecular formula is C14H10O2. The minimum atomic E-state index is -1.89. The lowest BCUT2D eigenvalue weighted by Gasteiger charge is -2.17. The van der Waals surface area contributed by atoms with Gasteiger partial charge >= 0.3 is 0 Å². The van der Waals surface area contributed by atoms with Gasteiger partial charge in [0.1, 0.15) is 0 Å². The summed E-state index contributed by atoms with van der Waals surface area (Å²) < 4.78 is 0. The highest BCUT2D eigenvalue weighted by Gasteiger charge is 2.42. The minimum Gasteiger partial charge on any atom is -0.358 e. The molecule has 0 heterocycles. The van der Waals surface area contributed by atoms with Gasteiger partial charge in [-0.3, -0.25) is 0 Å². The molecule has 0 aliphatic heterocycles. The Labute approximate surface area is 93.2 Å². The fourth-order valence-corrected chi connectivity index (χ4v) is 2.20. The average Bonchev–Trinajstić information content (AvgIpc) is 2.50. The first-order valence-electron chi connectivity index (χ1n) is 5.10. The molecule has 2 aliphatic rings. The summed E-state index contributed by atoms with van der Waals surface area (Å²) in [6, 6.07) is 7.32. The molecular weight excluding hydrogens is 200 g/mol. The first-order chi connectivity index (χ1) is 7.71. The van der Waals surface area contributed by atoms with Crippen LogP contribution in [0.25, 0.3) is 5.57 Å². The standard InChI is InChI=1S/C14H10O2/c15-14(16)12-8-3-1-2-6-10(12)11-7-4-5-9-13(11)14/h2-9,15-16H. The summed E-state index contributed by atoms with van der Waals surface area (Å²) >= 11 is 0. The van der Waals surface area contributed by atoms with E-state index in [-0.39, 0.29) is 0 Å². The number of fused-ring (bicyclic) bond motifs is 3. The Bertz CT molecular complexity index is 583. The topological polar surface area (TPSA) is 40.5 Å². The number of hydrogen-bond donors (Lipinski definition) is 2. The molecule has 2 N–H and O–H groups in total. The summed E-state index contributed by atoms with van der Waals surface area (Å²) in [5.74, 6) is -1.89. The van der Waals surface area contributed by atoms with Gasteiger partial charge in [0.15, 0.2) is 0 Å². The van der Waals surface area contributed by atoms with E-state index < -0.39 is 5.79 Å². The quantitative estimate of drug-likeness (QED) is 0.507.